The van der Waals surface area contributed by atoms with Gasteiger partial charge in [-0.2, -0.15) is 0 Å². The summed E-state index contributed by atoms with van der Waals surface area (Å²) in [6.45, 7) is 14.3. The summed E-state index contributed by atoms with van der Waals surface area (Å²) in [7, 11) is 0. The molecule has 0 radical (unpaired) electrons. The van der Waals surface area contributed by atoms with Gasteiger partial charge in [0.1, 0.15) is 11.9 Å². The van der Waals surface area contributed by atoms with E-state index in [0.29, 0.717) is 85.3 Å². The molecule has 2 amide bonds. The lowest BCUT2D eigenvalue weighted by Gasteiger charge is -2.21. The highest BCUT2D eigenvalue weighted by Crippen LogP contribution is 2.28. The standard InChI is InChI=1S/C33H51NO10/c1-24(2)29-21-30(36)34(31(29)37)11-13-39-15-17-41-19-18-40-16-14-38-12-10-27(35)20-25-6-8-26(9-7-25)32-42-22-28(44-32)23-43-33(3,4)5/h6-9,24,28-29,32H,10-23H2,1-5H3. The smallest absolute Gasteiger partial charge is 0.233 e. The SMILES string of the molecule is CC(C)C1CC(=O)N(CCOCCOCCOCCOCCC(=O)Cc2ccc(C3OCC(COC(C)(C)C)O3)cc2)C1=O. The number of amides is 2. The highest BCUT2D eigenvalue weighted by atomic mass is 16.7. The van der Waals surface area contributed by atoms with Crippen LogP contribution in [0.15, 0.2) is 24.3 Å². The minimum absolute atomic E-state index is 0.0942. The summed E-state index contributed by atoms with van der Waals surface area (Å²) in [6, 6.07) is 7.74. The van der Waals surface area contributed by atoms with Crippen LogP contribution in [0, 0.1) is 11.8 Å². The Morgan fingerprint density at radius 2 is 1.50 bits per heavy atom. The van der Waals surface area contributed by atoms with Crippen LogP contribution in [-0.2, 0) is 54.0 Å². The van der Waals surface area contributed by atoms with Crippen molar-refractivity contribution >= 4 is 17.6 Å². The Kier molecular flexibility index (Phi) is 15.4. The zero-order chi connectivity index (χ0) is 32.0. The van der Waals surface area contributed by atoms with Gasteiger partial charge >= 0.3 is 0 Å². The monoisotopic (exact) mass is 621 g/mol. The Morgan fingerprint density at radius 3 is 2.07 bits per heavy atom. The predicted molar refractivity (Wildman–Crippen MR) is 162 cm³/mol. The van der Waals surface area contributed by atoms with Gasteiger partial charge in [-0.3, -0.25) is 19.3 Å². The molecular formula is C33H51NO10. The van der Waals surface area contributed by atoms with Gasteiger partial charge in [0.2, 0.25) is 11.8 Å². The fraction of sp³-hybridized carbons (Fsp3) is 0.727. The quantitative estimate of drug-likeness (QED) is 0.149. The van der Waals surface area contributed by atoms with Gasteiger partial charge in [-0.05, 0) is 32.3 Å². The number of hydrogen-bond donors (Lipinski definition) is 0. The van der Waals surface area contributed by atoms with Crippen LogP contribution in [0.2, 0.25) is 0 Å². The van der Waals surface area contributed by atoms with E-state index in [-0.39, 0.29) is 47.7 Å². The summed E-state index contributed by atoms with van der Waals surface area (Å²) in [5, 5.41) is 0. The molecule has 248 valence electrons. The first kappa shape index (κ1) is 36.2. The van der Waals surface area contributed by atoms with Crippen molar-refractivity contribution in [1.82, 2.24) is 4.90 Å². The van der Waals surface area contributed by atoms with Gasteiger partial charge in [-0.1, -0.05) is 38.1 Å². The Hall–Kier alpha value is -2.25. The zero-order valence-electron chi connectivity index (χ0n) is 27.0. The Bertz CT molecular complexity index is 1020. The van der Waals surface area contributed by atoms with Crippen LogP contribution in [0.3, 0.4) is 0 Å². The van der Waals surface area contributed by atoms with Crippen LogP contribution < -0.4 is 0 Å². The predicted octanol–water partition coefficient (Wildman–Crippen LogP) is 3.51. The molecular weight excluding hydrogens is 570 g/mol. The fourth-order valence-corrected chi connectivity index (χ4v) is 4.73. The number of likely N-dealkylation sites (tertiary alicyclic amines) is 1. The fourth-order valence-electron chi connectivity index (χ4n) is 4.73. The molecule has 0 aliphatic carbocycles. The minimum atomic E-state index is -0.416. The normalized spacial score (nSPS) is 20.8. The molecule has 44 heavy (non-hydrogen) atoms. The van der Waals surface area contributed by atoms with Crippen LogP contribution in [-0.4, -0.2) is 107 Å². The molecule has 0 N–H and O–H groups in total. The number of imide groups is 1. The lowest BCUT2D eigenvalue weighted by atomic mass is 9.94. The van der Waals surface area contributed by atoms with Gasteiger partial charge in [-0.15, -0.1) is 0 Å². The lowest BCUT2D eigenvalue weighted by molar-refractivity contribution is -0.140. The molecule has 2 fully saturated rings. The van der Waals surface area contributed by atoms with Crippen molar-refractivity contribution in [2.24, 2.45) is 11.8 Å². The van der Waals surface area contributed by atoms with Crippen molar-refractivity contribution < 1.29 is 47.5 Å². The minimum Gasteiger partial charge on any atom is -0.379 e. The van der Waals surface area contributed by atoms with Crippen LogP contribution in [0.5, 0.6) is 0 Å². The van der Waals surface area contributed by atoms with Gasteiger partial charge in [0, 0.05) is 30.7 Å². The van der Waals surface area contributed by atoms with Gasteiger partial charge in [-0.25, -0.2) is 0 Å². The number of rotatable bonds is 21. The number of carbonyl (C=O) groups is 3. The highest BCUT2D eigenvalue weighted by Gasteiger charge is 2.39. The summed E-state index contributed by atoms with van der Waals surface area (Å²) in [4.78, 5) is 37.9. The van der Waals surface area contributed by atoms with Crippen LogP contribution >= 0.6 is 0 Å². The number of carbonyl (C=O) groups excluding carboxylic acids is 3. The third-order valence-electron chi connectivity index (χ3n) is 7.29. The number of nitrogens with zero attached hydrogens (tertiary/aromatic N) is 1. The zero-order valence-corrected chi connectivity index (χ0v) is 27.0. The molecule has 2 heterocycles. The van der Waals surface area contributed by atoms with E-state index in [1.807, 2.05) is 58.9 Å². The molecule has 11 nitrogen and oxygen atoms in total. The first-order chi connectivity index (χ1) is 21.0. The molecule has 11 heteroatoms. The van der Waals surface area contributed by atoms with E-state index < -0.39 is 6.29 Å². The molecule has 1 aromatic carbocycles. The maximum absolute atomic E-state index is 12.4. The maximum Gasteiger partial charge on any atom is 0.233 e. The molecule has 3 atom stereocenters. The van der Waals surface area contributed by atoms with E-state index in [1.165, 1.54) is 4.90 Å². The van der Waals surface area contributed by atoms with E-state index in [9.17, 15) is 14.4 Å². The average molecular weight is 622 g/mol. The molecule has 2 aliphatic rings. The van der Waals surface area contributed by atoms with E-state index in [0.717, 1.165) is 11.1 Å². The third kappa shape index (κ3) is 13.0. The maximum atomic E-state index is 12.4. The van der Waals surface area contributed by atoms with E-state index >= 15 is 0 Å². The summed E-state index contributed by atoms with van der Waals surface area (Å²) >= 11 is 0. The summed E-state index contributed by atoms with van der Waals surface area (Å²) in [6.07, 6.45) is 0.474. The first-order valence-electron chi connectivity index (χ1n) is 15.7. The molecule has 2 aliphatic heterocycles. The number of ketones is 1. The highest BCUT2D eigenvalue weighted by molar-refractivity contribution is 6.03. The summed E-state index contributed by atoms with van der Waals surface area (Å²) in [5.41, 5.74) is 1.64. The second-order valence-corrected chi connectivity index (χ2v) is 12.4. The second-order valence-electron chi connectivity index (χ2n) is 12.4. The topological polar surface area (TPSA) is 119 Å². The van der Waals surface area contributed by atoms with Crippen molar-refractivity contribution in [2.75, 3.05) is 72.6 Å². The molecule has 0 spiro atoms. The van der Waals surface area contributed by atoms with E-state index in [1.54, 1.807) is 0 Å². The molecule has 1 aromatic rings. The molecule has 0 aromatic heterocycles. The molecule has 0 saturated carbocycles. The van der Waals surface area contributed by atoms with Crippen LogP contribution in [0.25, 0.3) is 0 Å². The van der Waals surface area contributed by atoms with Crippen LogP contribution in [0.1, 0.15) is 64.9 Å². The number of hydrogen-bond acceptors (Lipinski definition) is 10. The van der Waals surface area contributed by atoms with Crippen LogP contribution in [0.4, 0.5) is 0 Å². The van der Waals surface area contributed by atoms with Crippen molar-refractivity contribution in [3.8, 4) is 0 Å². The number of Topliss-reactive ketones (excluding diaryl/α,β-unsaturated/α-hetero) is 1. The van der Waals surface area contributed by atoms with Crippen molar-refractivity contribution in [2.45, 2.75) is 71.9 Å². The Morgan fingerprint density at radius 1 is 0.909 bits per heavy atom. The Labute approximate surface area is 261 Å². The van der Waals surface area contributed by atoms with E-state index in [4.69, 9.17) is 33.2 Å². The largest absolute Gasteiger partial charge is 0.379 e. The molecule has 2 saturated heterocycles. The molecule has 3 unspecified atom stereocenters. The third-order valence-corrected chi connectivity index (χ3v) is 7.29. The Balaban J connectivity index is 1.12. The lowest BCUT2D eigenvalue weighted by Crippen LogP contribution is -2.34. The van der Waals surface area contributed by atoms with Gasteiger partial charge in [0.15, 0.2) is 6.29 Å². The van der Waals surface area contributed by atoms with Crippen molar-refractivity contribution in [3.05, 3.63) is 35.4 Å². The number of ether oxygens (including phenoxy) is 7. The summed E-state index contributed by atoms with van der Waals surface area (Å²) in [5.74, 6) is -0.157. The van der Waals surface area contributed by atoms with Crippen molar-refractivity contribution in [3.63, 3.8) is 0 Å². The second kappa shape index (κ2) is 18.7. The average Bonchev–Trinajstić information content (AvgIpc) is 3.56. The van der Waals surface area contributed by atoms with Gasteiger partial charge in [0.25, 0.3) is 0 Å². The van der Waals surface area contributed by atoms with Gasteiger partial charge < -0.3 is 33.2 Å². The first-order valence-corrected chi connectivity index (χ1v) is 15.7. The summed E-state index contributed by atoms with van der Waals surface area (Å²) < 4.78 is 39.5. The number of benzene rings is 1. The molecule has 0 bridgehead atoms. The van der Waals surface area contributed by atoms with Gasteiger partial charge in [0.05, 0.1) is 78.2 Å². The molecule has 3 rings (SSSR count). The van der Waals surface area contributed by atoms with E-state index in [2.05, 4.69) is 0 Å². The van der Waals surface area contributed by atoms with Crippen molar-refractivity contribution in [1.29, 1.82) is 0 Å².